The summed E-state index contributed by atoms with van der Waals surface area (Å²) < 4.78 is 5.53. The topological polar surface area (TPSA) is 108 Å². The molecule has 8 nitrogen and oxygen atoms in total. The van der Waals surface area contributed by atoms with Gasteiger partial charge in [-0.05, 0) is 43.1 Å². The van der Waals surface area contributed by atoms with Gasteiger partial charge < -0.3 is 4.74 Å². The van der Waals surface area contributed by atoms with Gasteiger partial charge in [0.15, 0.2) is 0 Å². The zero-order chi connectivity index (χ0) is 25.1. The molecule has 0 spiro atoms. The van der Waals surface area contributed by atoms with Crippen LogP contribution in [0.25, 0.3) is 6.08 Å². The van der Waals surface area contributed by atoms with E-state index in [1.165, 1.54) is 5.01 Å². The predicted molar refractivity (Wildman–Crippen MR) is 130 cm³/mol. The molecule has 0 radical (unpaired) electrons. The molecule has 0 bridgehead atoms. The molecule has 1 aliphatic heterocycles. The molecule has 3 amide bonds. The van der Waals surface area contributed by atoms with Crippen molar-refractivity contribution < 1.29 is 24.3 Å². The summed E-state index contributed by atoms with van der Waals surface area (Å²) in [6.07, 6.45) is 5.27. The summed E-state index contributed by atoms with van der Waals surface area (Å²) in [7, 11) is 0. The Labute approximate surface area is 202 Å². The average molecular weight is 474 g/mol. The van der Waals surface area contributed by atoms with Crippen molar-refractivity contribution >= 4 is 23.8 Å². The van der Waals surface area contributed by atoms with Gasteiger partial charge >= 0.3 is 0 Å². The van der Waals surface area contributed by atoms with Gasteiger partial charge in [-0.25, -0.2) is 5.48 Å². The zero-order valence-corrected chi connectivity index (χ0v) is 20.7. The molecular formula is C26H39N3O5. The van der Waals surface area contributed by atoms with Crippen LogP contribution >= 0.6 is 0 Å². The molecule has 1 aliphatic rings. The molecule has 188 valence electrons. The van der Waals surface area contributed by atoms with Crippen LogP contribution in [0.15, 0.2) is 36.4 Å². The highest BCUT2D eigenvalue weighted by Gasteiger charge is 2.36. The van der Waals surface area contributed by atoms with E-state index in [0.29, 0.717) is 26.0 Å². The molecule has 1 saturated heterocycles. The standard InChI is InChI=1S/C26H39N3O5/c1-18(2)16-22(21(25(31)28-33)13-8-12-20-10-6-5-7-11-20)24(30)27-29(17-19(3)4)26(32)23-14-9-15-34-23/h5-8,10-12,18-19,21-23,33H,9,13-17H2,1-4H3,(H,27,30)(H,28,31)/t21-,22+,23?/m0/s1. The van der Waals surface area contributed by atoms with Crippen LogP contribution in [0.5, 0.6) is 0 Å². The van der Waals surface area contributed by atoms with Gasteiger partial charge in [0.2, 0.25) is 11.8 Å². The number of carbonyl (C=O) groups excluding carboxylic acids is 3. The van der Waals surface area contributed by atoms with Crippen molar-refractivity contribution in [3.63, 3.8) is 0 Å². The number of hydrazine groups is 1. The molecule has 1 unspecified atom stereocenters. The maximum absolute atomic E-state index is 13.5. The molecule has 1 fully saturated rings. The van der Waals surface area contributed by atoms with Crippen molar-refractivity contribution in [2.75, 3.05) is 13.2 Å². The maximum Gasteiger partial charge on any atom is 0.270 e. The number of benzene rings is 1. The molecule has 0 aliphatic carbocycles. The summed E-state index contributed by atoms with van der Waals surface area (Å²) in [6, 6.07) is 9.64. The summed E-state index contributed by atoms with van der Waals surface area (Å²) in [5.41, 5.74) is 5.47. The Bertz CT molecular complexity index is 819. The van der Waals surface area contributed by atoms with Gasteiger partial charge in [0.25, 0.3) is 5.91 Å². The fourth-order valence-electron chi connectivity index (χ4n) is 4.13. The molecule has 8 heteroatoms. The van der Waals surface area contributed by atoms with Crippen LogP contribution < -0.4 is 10.9 Å². The van der Waals surface area contributed by atoms with Crippen molar-refractivity contribution in [1.82, 2.24) is 15.9 Å². The summed E-state index contributed by atoms with van der Waals surface area (Å²) in [6.45, 7) is 8.73. The van der Waals surface area contributed by atoms with E-state index in [1.807, 2.05) is 70.2 Å². The molecule has 0 aromatic heterocycles. The van der Waals surface area contributed by atoms with E-state index in [0.717, 1.165) is 12.0 Å². The Hall–Kier alpha value is -2.71. The van der Waals surface area contributed by atoms with E-state index in [9.17, 15) is 19.6 Å². The SMILES string of the molecule is CC(C)C[C@@H](C(=O)NN(CC(C)C)C(=O)C1CCCO1)[C@H](CC=Cc1ccccc1)C(=O)NO. The normalized spacial score (nSPS) is 17.7. The third kappa shape index (κ3) is 8.57. The lowest BCUT2D eigenvalue weighted by atomic mass is 9.82. The monoisotopic (exact) mass is 473 g/mol. The molecule has 3 atom stereocenters. The smallest absolute Gasteiger partial charge is 0.270 e. The van der Waals surface area contributed by atoms with E-state index < -0.39 is 29.8 Å². The largest absolute Gasteiger partial charge is 0.368 e. The first-order valence-electron chi connectivity index (χ1n) is 12.1. The lowest BCUT2D eigenvalue weighted by Gasteiger charge is -2.31. The Kier molecular flexibility index (Phi) is 11.2. The lowest BCUT2D eigenvalue weighted by Crippen LogP contribution is -2.54. The lowest BCUT2D eigenvalue weighted by molar-refractivity contribution is -0.152. The first-order chi connectivity index (χ1) is 16.2. The number of nitrogens with one attached hydrogen (secondary N) is 2. The van der Waals surface area contributed by atoms with E-state index in [-0.39, 0.29) is 24.2 Å². The average Bonchev–Trinajstić information content (AvgIpc) is 3.34. The number of hydrogen-bond donors (Lipinski definition) is 3. The number of hydroxylamine groups is 1. The minimum atomic E-state index is -0.800. The molecule has 34 heavy (non-hydrogen) atoms. The van der Waals surface area contributed by atoms with Gasteiger partial charge in [-0.2, -0.15) is 0 Å². The molecular weight excluding hydrogens is 434 g/mol. The fraction of sp³-hybridized carbons (Fsp3) is 0.577. The third-order valence-corrected chi connectivity index (χ3v) is 5.76. The van der Waals surface area contributed by atoms with Gasteiger partial charge in [-0.1, -0.05) is 70.2 Å². The number of ether oxygens (including phenoxy) is 1. The number of allylic oxidation sites excluding steroid dienone is 1. The molecule has 3 N–H and O–H groups in total. The Morgan fingerprint density at radius 3 is 2.35 bits per heavy atom. The number of amides is 3. The number of hydrogen-bond acceptors (Lipinski definition) is 5. The van der Waals surface area contributed by atoms with Crippen LogP contribution in [0.1, 0.15) is 58.9 Å². The summed E-state index contributed by atoms with van der Waals surface area (Å²) in [5.74, 6) is -2.60. The molecule has 1 aromatic rings. The second-order valence-electron chi connectivity index (χ2n) is 9.69. The second-order valence-corrected chi connectivity index (χ2v) is 9.69. The van der Waals surface area contributed by atoms with Gasteiger partial charge in [-0.15, -0.1) is 0 Å². The van der Waals surface area contributed by atoms with Crippen LogP contribution in [-0.2, 0) is 19.1 Å². The number of nitrogens with zero attached hydrogens (tertiary/aromatic N) is 1. The minimum Gasteiger partial charge on any atom is -0.368 e. The first-order valence-corrected chi connectivity index (χ1v) is 12.1. The second kappa shape index (κ2) is 13.9. The van der Waals surface area contributed by atoms with Crippen molar-refractivity contribution in [3.05, 3.63) is 42.0 Å². The van der Waals surface area contributed by atoms with Crippen LogP contribution in [0.4, 0.5) is 0 Å². The first kappa shape index (κ1) is 27.5. The summed E-state index contributed by atoms with van der Waals surface area (Å²) >= 11 is 0. The molecule has 1 heterocycles. The highest BCUT2D eigenvalue weighted by atomic mass is 16.5. The zero-order valence-electron chi connectivity index (χ0n) is 20.7. The quantitative estimate of drug-likeness (QED) is 0.336. The molecule has 0 saturated carbocycles. The summed E-state index contributed by atoms with van der Waals surface area (Å²) in [4.78, 5) is 39.1. The van der Waals surface area contributed by atoms with E-state index in [2.05, 4.69) is 5.43 Å². The van der Waals surface area contributed by atoms with Crippen molar-refractivity contribution in [1.29, 1.82) is 0 Å². The van der Waals surface area contributed by atoms with Crippen LogP contribution in [0.2, 0.25) is 0 Å². The van der Waals surface area contributed by atoms with Gasteiger partial charge in [-0.3, -0.25) is 30.0 Å². The number of rotatable bonds is 11. The Morgan fingerprint density at radius 1 is 1.09 bits per heavy atom. The summed E-state index contributed by atoms with van der Waals surface area (Å²) in [5, 5.41) is 10.7. The van der Waals surface area contributed by atoms with E-state index >= 15 is 0 Å². The van der Waals surface area contributed by atoms with E-state index in [1.54, 1.807) is 5.48 Å². The highest BCUT2D eigenvalue weighted by Crippen LogP contribution is 2.26. The van der Waals surface area contributed by atoms with Crippen LogP contribution in [-0.4, -0.2) is 47.2 Å². The van der Waals surface area contributed by atoms with Gasteiger partial charge in [0.05, 0.1) is 11.8 Å². The Morgan fingerprint density at radius 2 is 1.79 bits per heavy atom. The van der Waals surface area contributed by atoms with E-state index in [4.69, 9.17) is 4.74 Å². The highest BCUT2D eigenvalue weighted by molar-refractivity contribution is 5.89. The Balaban J connectivity index is 2.23. The maximum atomic E-state index is 13.5. The third-order valence-electron chi connectivity index (χ3n) is 5.76. The number of carbonyl (C=O) groups is 3. The van der Waals surface area contributed by atoms with Crippen molar-refractivity contribution in [3.8, 4) is 0 Å². The van der Waals surface area contributed by atoms with Gasteiger partial charge in [0, 0.05) is 13.2 Å². The van der Waals surface area contributed by atoms with Crippen LogP contribution in [0.3, 0.4) is 0 Å². The fourth-order valence-corrected chi connectivity index (χ4v) is 4.13. The predicted octanol–water partition coefficient (Wildman–Crippen LogP) is 3.57. The van der Waals surface area contributed by atoms with Crippen LogP contribution in [0, 0.1) is 23.7 Å². The molecule has 2 rings (SSSR count). The minimum absolute atomic E-state index is 0.121. The van der Waals surface area contributed by atoms with Crippen molar-refractivity contribution in [2.45, 2.75) is 59.5 Å². The van der Waals surface area contributed by atoms with Crippen molar-refractivity contribution in [2.24, 2.45) is 23.7 Å². The van der Waals surface area contributed by atoms with Gasteiger partial charge in [0.1, 0.15) is 6.10 Å². The molecule has 1 aromatic carbocycles.